The van der Waals surface area contributed by atoms with Gasteiger partial charge in [0, 0.05) is 47.8 Å². The smallest absolute Gasteiger partial charge is 0.269 e. The van der Waals surface area contributed by atoms with Crippen molar-refractivity contribution in [1.29, 1.82) is 0 Å². The molecule has 4 rings (SSSR count). The van der Waals surface area contributed by atoms with Gasteiger partial charge in [-0.05, 0) is 47.5 Å². The van der Waals surface area contributed by atoms with Crippen molar-refractivity contribution in [3.8, 4) is 22.3 Å². The molecule has 0 N–H and O–H groups in total. The van der Waals surface area contributed by atoms with Crippen LogP contribution in [0.1, 0.15) is 16.2 Å². The van der Waals surface area contributed by atoms with E-state index in [4.69, 9.17) is 0 Å². The van der Waals surface area contributed by atoms with E-state index in [1.165, 1.54) is 36.7 Å². The van der Waals surface area contributed by atoms with E-state index < -0.39 is 15.6 Å². The number of hydrogen-bond acceptors (Lipinski definition) is 7. The predicted octanol–water partition coefficient (Wildman–Crippen LogP) is 4.86. The summed E-state index contributed by atoms with van der Waals surface area (Å²) in [5.41, 5.74) is 2.37. The maximum Gasteiger partial charge on any atom is 0.269 e. The molecule has 156 valence electrons. The van der Waals surface area contributed by atoms with E-state index in [1.54, 1.807) is 48.5 Å². The summed E-state index contributed by atoms with van der Waals surface area (Å²) in [5, 5.41) is 21.9. The summed E-state index contributed by atoms with van der Waals surface area (Å²) < 4.78 is 0. The van der Waals surface area contributed by atoms with Crippen LogP contribution in [0, 0.1) is 20.2 Å². The minimum absolute atomic E-state index is 0.0595. The number of carbonyl (C=O) groups excluding carboxylic acids is 1. The van der Waals surface area contributed by atoms with Crippen LogP contribution in [-0.2, 0) is 0 Å². The molecule has 2 aromatic carbocycles. The maximum atomic E-state index is 13.4. The number of nitro benzene ring substituents is 2. The third-order valence-electron chi connectivity index (χ3n) is 4.82. The third-order valence-corrected chi connectivity index (χ3v) is 4.82. The number of nitro groups is 2. The molecule has 0 aliphatic carbocycles. The van der Waals surface area contributed by atoms with Gasteiger partial charge in [-0.25, -0.2) is 0 Å². The average molecular weight is 426 g/mol. The lowest BCUT2D eigenvalue weighted by Gasteiger charge is -2.11. The predicted molar refractivity (Wildman–Crippen MR) is 116 cm³/mol. The molecule has 0 saturated heterocycles. The van der Waals surface area contributed by atoms with Crippen molar-refractivity contribution in [3.63, 3.8) is 0 Å². The molecule has 0 radical (unpaired) electrons. The molecular formula is C23H14N4O5. The third kappa shape index (κ3) is 3.94. The van der Waals surface area contributed by atoms with Crippen molar-refractivity contribution in [2.45, 2.75) is 0 Å². The molecule has 0 saturated carbocycles. The highest BCUT2D eigenvalue weighted by atomic mass is 16.6. The van der Waals surface area contributed by atoms with Crippen LogP contribution in [-0.4, -0.2) is 25.6 Å². The number of nitrogens with zero attached hydrogens (tertiary/aromatic N) is 4. The minimum atomic E-state index is -0.497. The molecule has 0 unspecified atom stereocenters. The van der Waals surface area contributed by atoms with Crippen LogP contribution in [0.25, 0.3) is 22.3 Å². The van der Waals surface area contributed by atoms with Gasteiger partial charge in [0.1, 0.15) is 11.4 Å². The molecule has 0 spiro atoms. The lowest BCUT2D eigenvalue weighted by atomic mass is 9.96. The molecule has 0 aliphatic rings. The molecule has 2 heterocycles. The lowest BCUT2D eigenvalue weighted by molar-refractivity contribution is -0.385. The number of carbonyl (C=O) groups is 1. The quantitative estimate of drug-likeness (QED) is 0.244. The summed E-state index contributed by atoms with van der Waals surface area (Å²) in [5.74, 6) is -0.437. The maximum absolute atomic E-state index is 13.4. The van der Waals surface area contributed by atoms with Gasteiger partial charge < -0.3 is 0 Å². The molecule has 32 heavy (non-hydrogen) atoms. The highest BCUT2D eigenvalue weighted by Gasteiger charge is 2.21. The Morgan fingerprint density at radius 2 is 1.00 bits per heavy atom. The first-order valence-corrected chi connectivity index (χ1v) is 9.40. The number of hydrogen-bond donors (Lipinski definition) is 0. The van der Waals surface area contributed by atoms with Crippen molar-refractivity contribution in [1.82, 2.24) is 9.97 Å². The molecule has 0 fully saturated rings. The van der Waals surface area contributed by atoms with Gasteiger partial charge in [-0.1, -0.05) is 12.1 Å². The van der Waals surface area contributed by atoms with Crippen molar-refractivity contribution in [2.24, 2.45) is 0 Å². The highest BCUT2D eigenvalue weighted by Crippen LogP contribution is 2.30. The van der Waals surface area contributed by atoms with Gasteiger partial charge in [0.25, 0.3) is 11.4 Å². The molecule has 0 bridgehead atoms. The fourth-order valence-corrected chi connectivity index (χ4v) is 3.28. The number of ketones is 1. The zero-order valence-corrected chi connectivity index (χ0v) is 16.4. The van der Waals surface area contributed by atoms with E-state index in [0.717, 1.165) is 0 Å². The Morgan fingerprint density at radius 3 is 1.34 bits per heavy atom. The second-order valence-corrected chi connectivity index (χ2v) is 6.74. The van der Waals surface area contributed by atoms with Gasteiger partial charge in [0.05, 0.1) is 9.85 Å². The molecule has 0 amide bonds. The van der Waals surface area contributed by atoms with Gasteiger partial charge in [-0.15, -0.1) is 0 Å². The first-order chi connectivity index (χ1) is 15.5. The second-order valence-electron chi connectivity index (χ2n) is 6.74. The van der Waals surface area contributed by atoms with Crippen molar-refractivity contribution < 1.29 is 14.6 Å². The number of rotatable bonds is 6. The number of aromatic nitrogens is 2. The highest BCUT2D eigenvalue weighted by molar-refractivity contribution is 6.13. The molecule has 0 atom stereocenters. The SMILES string of the molecule is O=C(c1ncccc1-c1ccc([N+](=O)[O-])cc1)c1ncccc1-c1ccc([N+](=O)[O-])cc1. The molecule has 4 aromatic rings. The van der Waals surface area contributed by atoms with E-state index in [2.05, 4.69) is 9.97 Å². The molecule has 9 nitrogen and oxygen atoms in total. The summed E-state index contributed by atoms with van der Waals surface area (Å²) in [6.45, 7) is 0. The van der Waals surface area contributed by atoms with E-state index in [0.29, 0.717) is 22.3 Å². The van der Waals surface area contributed by atoms with Crippen LogP contribution in [0.3, 0.4) is 0 Å². The van der Waals surface area contributed by atoms with Crippen LogP contribution < -0.4 is 0 Å². The second kappa shape index (κ2) is 8.52. The molecule has 0 aliphatic heterocycles. The summed E-state index contributed by atoms with van der Waals surface area (Å²) in [7, 11) is 0. The first-order valence-electron chi connectivity index (χ1n) is 9.40. The topological polar surface area (TPSA) is 129 Å². The van der Waals surface area contributed by atoms with Crippen LogP contribution in [0.5, 0.6) is 0 Å². The fraction of sp³-hybridized carbons (Fsp3) is 0. The fourth-order valence-electron chi connectivity index (χ4n) is 3.28. The van der Waals surface area contributed by atoms with Crippen LogP contribution in [0.4, 0.5) is 11.4 Å². The van der Waals surface area contributed by atoms with E-state index >= 15 is 0 Å². The van der Waals surface area contributed by atoms with Crippen LogP contribution in [0.2, 0.25) is 0 Å². The minimum Gasteiger partial charge on any atom is -0.285 e. The van der Waals surface area contributed by atoms with E-state index in [9.17, 15) is 25.0 Å². The van der Waals surface area contributed by atoms with Gasteiger partial charge in [0.2, 0.25) is 5.78 Å². The Hall–Kier alpha value is -4.79. The standard InChI is InChI=1S/C23H14N4O5/c28-23(21-19(3-1-13-24-21)15-5-9-17(10-6-15)26(29)30)22-20(4-2-14-25-22)16-7-11-18(12-8-16)27(31)32/h1-14H. The Bertz CT molecular complexity index is 1230. The van der Waals surface area contributed by atoms with Crippen molar-refractivity contribution >= 4 is 17.2 Å². The lowest BCUT2D eigenvalue weighted by Crippen LogP contribution is -2.10. The van der Waals surface area contributed by atoms with Gasteiger partial charge >= 0.3 is 0 Å². The Labute approximate surface area is 181 Å². The zero-order chi connectivity index (χ0) is 22.7. The van der Waals surface area contributed by atoms with E-state index in [1.807, 2.05) is 0 Å². The Morgan fingerprint density at radius 1 is 0.625 bits per heavy atom. The van der Waals surface area contributed by atoms with Crippen molar-refractivity contribution in [3.05, 3.63) is 117 Å². The van der Waals surface area contributed by atoms with E-state index in [-0.39, 0.29) is 22.8 Å². The van der Waals surface area contributed by atoms with Gasteiger partial charge in [0.15, 0.2) is 0 Å². The first kappa shape index (κ1) is 20.5. The average Bonchev–Trinajstić information content (AvgIpc) is 2.83. The monoisotopic (exact) mass is 426 g/mol. The molecular weight excluding hydrogens is 412 g/mol. The Balaban J connectivity index is 1.77. The van der Waals surface area contributed by atoms with Gasteiger partial charge in [-0.2, -0.15) is 0 Å². The summed E-state index contributed by atoms with van der Waals surface area (Å²) in [4.78, 5) is 42.8. The zero-order valence-electron chi connectivity index (χ0n) is 16.4. The Kier molecular flexibility index (Phi) is 5.45. The van der Waals surface area contributed by atoms with Gasteiger partial charge in [-0.3, -0.25) is 35.0 Å². The van der Waals surface area contributed by atoms with Crippen molar-refractivity contribution in [2.75, 3.05) is 0 Å². The van der Waals surface area contributed by atoms with Crippen LogP contribution >= 0.6 is 0 Å². The molecule has 9 heteroatoms. The number of non-ortho nitro benzene ring substituents is 2. The molecule has 2 aromatic heterocycles. The summed E-state index contributed by atoms with van der Waals surface area (Å²) in [6.07, 6.45) is 2.97. The van der Waals surface area contributed by atoms with Crippen LogP contribution in [0.15, 0.2) is 85.2 Å². The number of pyridine rings is 2. The summed E-state index contributed by atoms with van der Waals surface area (Å²) in [6, 6.07) is 18.4. The number of benzene rings is 2. The summed E-state index contributed by atoms with van der Waals surface area (Å²) >= 11 is 0. The largest absolute Gasteiger partial charge is 0.285 e. The normalized spacial score (nSPS) is 10.5.